The van der Waals surface area contributed by atoms with Gasteiger partial charge in [-0.3, -0.25) is 0 Å². The molecule has 0 aliphatic heterocycles. The topological polar surface area (TPSA) is 0 Å². The first-order valence-corrected chi connectivity index (χ1v) is 6.68. The fourth-order valence-electron chi connectivity index (χ4n) is 1.27. The van der Waals surface area contributed by atoms with E-state index in [1.165, 1.54) is 10.6 Å². The van der Waals surface area contributed by atoms with Gasteiger partial charge in [0.1, 0.15) is 0 Å². The molecule has 0 unspecified atom stereocenters. The summed E-state index contributed by atoms with van der Waals surface area (Å²) in [5.41, 5.74) is 0. The van der Waals surface area contributed by atoms with Gasteiger partial charge in [-0.2, -0.15) is 0 Å². The van der Waals surface area contributed by atoms with E-state index >= 15 is 0 Å². The van der Waals surface area contributed by atoms with E-state index in [0.29, 0.717) is 0 Å². The Balaban J connectivity index is 0.00000112. The fourth-order valence-corrected chi connectivity index (χ4v) is 3.11. The summed E-state index contributed by atoms with van der Waals surface area (Å²) in [6.45, 7) is 0. The van der Waals surface area contributed by atoms with Gasteiger partial charge in [-0.05, 0) is 10.6 Å². The Labute approximate surface area is 110 Å². The largest absolute Gasteiger partial charge is 0.0859 e. The maximum Gasteiger partial charge on any atom is 0.0524 e. The summed E-state index contributed by atoms with van der Waals surface area (Å²) < 4.78 is 0. The zero-order valence-electron chi connectivity index (χ0n) is 7.91. The second-order valence-corrected chi connectivity index (χ2v) is 5.56. The normalized spacial score (nSPS) is 9.73. The zero-order chi connectivity index (χ0) is 9.80. The molecule has 0 aliphatic carbocycles. The number of rotatable bonds is 2. The molecule has 0 aromatic heterocycles. The van der Waals surface area contributed by atoms with E-state index in [2.05, 4.69) is 24.3 Å². The molecule has 0 spiro atoms. The Morgan fingerprint density at radius 1 is 0.667 bits per heavy atom. The van der Waals surface area contributed by atoms with E-state index in [4.69, 9.17) is 11.2 Å². The van der Waals surface area contributed by atoms with Crippen LogP contribution >= 0.6 is 18.5 Å². The van der Waals surface area contributed by atoms with Gasteiger partial charge in [-0.25, -0.2) is 0 Å². The predicted octanol–water partition coefficient (Wildman–Crippen LogP) is 3.27. The third kappa shape index (κ3) is 3.40. The SMILES string of the molecule is ClP(c1ccccc1)c1ccccc1.[Pd]. The monoisotopic (exact) mass is 326 g/mol. The van der Waals surface area contributed by atoms with Crippen molar-refractivity contribution in [2.45, 2.75) is 0 Å². The van der Waals surface area contributed by atoms with Crippen LogP contribution in [0.3, 0.4) is 0 Å². The molecule has 0 aliphatic rings. The van der Waals surface area contributed by atoms with Crippen molar-refractivity contribution in [2.24, 2.45) is 0 Å². The molecule has 0 fully saturated rings. The molecule has 0 saturated heterocycles. The van der Waals surface area contributed by atoms with Gasteiger partial charge in [0.05, 0.1) is 7.27 Å². The van der Waals surface area contributed by atoms with Gasteiger partial charge in [0.2, 0.25) is 0 Å². The molecule has 2 aromatic rings. The van der Waals surface area contributed by atoms with Crippen LogP contribution in [0.4, 0.5) is 0 Å². The fraction of sp³-hybridized carbons (Fsp3) is 0. The summed E-state index contributed by atoms with van der Waals surface area (Å²) in [5.74, 6) is 0. The van der Waals surface area contributed by atoms with Gasteiger partial charge < -0.3 is 0 Å². The van der Waals surface area contributed by atoms with Crippen LogP contribution in [0.15, 0.2) is 60.7 Å². The number of benzene rings is 2. The number of halogens is 1. The second kappa shape index (κ2) is 6.41. The number of hydrogen-bond donors (Lipinski definition) is 0. The molecule has 15 heavy (non-hydrogen) atoms. The first-order chi connectivity index (χ1) is 6.88. The number of hydrogen-bond acceptors (Lipinski definition) is 0. The minimum atomic E-state index is -0.699. The van der Waals surface area contributed by atoms with Gasteiger partial charge in [-0.1, -0.05) is 71.9 Å². The summed E-state index contributed by atoms with van der Waals surface area (Å²) in [7, 11) is -0.699. The van der Waals surface area contributed by atoms with Crippen molar-refractivity contribution in [2.75, 3.05) is 0 Å². The van der Waals surface area contributed by atoms with Crippen molar-refractivity contribution in [1.29, 1.82) is 0 Å². The van der Waals surface area contributed by atoms with Crippen molar-refractivity contribution < 1.29 is 20.4 Å². The van der Waals surface area contributed by atoms with Crippen molar-refractivity contribution in [3.63, 3.8) is 0 Å². The van der Waals surface area contributed by atoms with Gasteiger partial charge in [0.15, 0.2) is 0 Å². The maximum absolute atomic E-state index is 6.40. The van der Waals surface area contributed by atoms with E-state index in [1.807, 2.05) is 36.4 Å². The van der Waals surface area contributed by atoms with Gasteiger partial charge >= 0.3 is 0 Å². The molecular weight excluding hydrogens is 317 g/mol. The van der Waals surface area contributed by atoms with Crippen molar-refractivity contribution in [3.05, 3.63) is 60.7 Å². The molecule has 3 heteroatoms. The van der Waals surface area contributed by atoms with Gasteiger partial charge in [0.25, 0.3) is 0 Å². The quantitative estimate of drug-likeness (QED) is 0.587. The Bertz CT molecular complexity index is 351. The molecule has 0 atom stereocenters. The summed E-state index contributed by atoms with van der Waals surface area (Å²) in [6, 6.07) is 20.4. The zero-order valence-corrected chi connectivity index (χ0v) is 11.1. The van der Waals surface area contributed by atoms with E-state index in [9.17, 15) is 0 Å². The second-order valence-electron chi connectivity index (χ2n) is 2.95. The van der Waals surface area contributed by atoms with Crippen molar-refractivity contribution in [3.8, 4) is 0 Å². The van der Waals surface area contributed by atoms with Crippen LogP contribution in [0.1, 0.15) is 0 Å². The molecule has 0 N–H and O–H groups in total. The Hall–Kier alpha value is -0.178. The third-order valence-electron chi connectivity index (χ3n) is 1.97. The van der Waals surface area contributed by atoms with Crippen LogP contribution in [0, 0.1) is 0 Å². The van der Waals surface area contributed by atoms with Crippen LogP contribution in [0.2, 0.25) is 0 Å². The first-order valence-electron chi connectivity index (χ1n) is 4.44. The van der Waals surface area contributed by atoms with Crippen LogP contribution in [-0.2, 0) is 20.4 Å². The summed E-state index contributed by atoms with van der Waals surface area (Å²) in [5, 5.41) is 2.41. The molecule has 0 nitrogen and oxygen atoms in total. The summed E-state index contributed by atoms with van der Waals surface area (Å²) >= 11 is 6.40. The van der Waals surface area contributed by atoms with Crippen LogP contribution < -0.4 is 10.6 Å². The Morgan fingerprint density at radius 2 is 1.00 bits per heavy atom. The smallest absolute Gasteiger partial charge is 0.0524 e. The predicted molar refractivity (Wildman–Crippen MR) is 64.9 cm³/mol. The molecular formula is C12H10ClPPd. The van der Waals surface area contributed by atoms with E-state index in [-0.39, 0.29) is 20.4 Å². The van der Waals surface area contributed by atoms with E-state index in [0.717, 1.165) is 0 Å². The van der Waals surface area contributed by atoms with Crippen LogP contribution in [0.5, 0.6) is 0 Å². The summed E-state index contributed by atoms with van der Waals surface area (Å²) in [4.78, 5) is 0. The minimum absolute atomic E-state index is 0. The van der Waals surface area contributed by atoms with E-state index in [1.54, 1.807) is 0 Å². The van der Waals surface area contributed by atoms with Crippen LogP contribution in [0.25, 0.3) is 0 Å². The molecule has 80 valence electrons. The summed E-state index contributed by atoms with van der Waals surface area (Å²) in [6.07, 6.45) is 0. The molecule has 0 heterocycles. The maximum atomic E-state index is 6.40. The van der Waals surface area contributed by atoms with Crippen molar-refractivity contribution in [1.82, 2.24) is 0 Å². The molecule has 0 amide bonds. The average molecular weight is 327 g/mol. The third-order valence-corrected chi connectivity index (χ3v) is 4.64. The van der Waals surface area contributed by atoms with Gasteiger partial charge in [-0.15, -0.1) is 0 Å². The van der Waals surface area contributed by atoms with Crippen molar-refractivity contribution >= 4 is 29.1 Å². The average Bonchev–Trinajstić information content (AvgIpc) is 2.30. The molecule has 2 rings (SSSR count). The Morgan fingerprint density at radius 3 is 1.33 bits per heavy atom. The molecule has 0 radical (unpaired) electrons. The molecule has 0 bridgehead atoms. The molecule has 2 aromatic carbocycles. The Kier molecular flexibility index (Phi) is 5.51. The van der Waals surface area contributed by atoms with E-state index < -0.39 is 7.27 Å². The standard InChI is InChI=1S/C12H10ClP.Pd/c13-14(11-7-3-1-4-8-11)12-9-5-2-6-10-12;/h1-10H;. The molecule has 0 saturated carbocycles. The first kappa shape index (κ1) is 12.9. The van der Waals surface area contributed by atoms with Crippen LogP contribution in [-0.4, -0.2) is 0 Å². The van der Waals surface area contributed by atoms with Gasteiger partial charge in [0, 0.05) is 20.4 Å². The minimum Gasteiger partial charge on any atom is -0.0859 e.